The summed E-state index contributed by atoms with van der Waals surface area (Å²) in [6.07, 6.45) is 15.0. The molecule has 4 rings (SSSR count). The van der Waals surface area contributed by atoms with Crippen LogP contribution >= 0.6 is 0 Å². The first-order valence-corrected chi connectivity index (χ1v) is 11.9. The first-order chi connectivity index (χ1) is 14.7. The Morgan fingerprint density at radius 2 is 1.77 bits per heavy atom. The van der Waals surface area contributed by atoms with Crippen molar-refractivity contribution in [3.05, 3.63) is 59.7 Å². The molecule has 1 aromatic heterocycles. The van der Waals surface area contributed by atoms with Crippen LogP contribution < -0.4 is 0 Å². The molecule has 2 fully saturated rings. The van der Waals surface area contributed by atoms with Gasteiger partial charge in [-0.1, -0.05) is 57.1 Å². The second kappa shape index (κ2) is 10.3. The topological polar surface area (TPSA) is 25.2 Å². The van der Waals surface area contributed by atoms with Gasteiger partial charge in [0.05, 0.1) is 6.54 Å². The third-order valence-electron chi connectivity index (χ3n) is 7.07. The minimum atomic E-state index is -0.202. The number of nitrogens with zero attached hydrogens (tertiary/aromatic N) is 2. The van der Waals surface area contributed by atoms with Gasteiger partial charge < -0.3 is 9.47 Å². The molecule has 1 aromatic carbocycles. The van der Waals surface area contributed by atoms with Crippen molar-refractivity contribution in [2.24, 2.45) is 5.92 Å². The van der Waals surface area contributed by atoms with Crippen LogP contribution in [0, 0.1) is 11.7 Å². The molecule has 2 aliphatic rings. The summed E-state index contributed by atoms with van der Waals surface area (Å²) in [7, 11) is 0. The predicted molar refractivity (Wildman–Crippen MR) is 119 cm³/mol. The lowest BCUT2D eigenvalue weighted by Crippen LogP contribution is -2.41. The summed E-state index contributed by atoms with van der Waals surface area (Å²) in [5.41, 5.74) is 2.09. The average molecular weight is 411 g/mol. The molecule has 0 bridgehead atoms. The Morgan fingerprint density at radius 3 is 2.53 bits per heavy atom. The van der Waals surface area contributed by atoms with Crippen LogP contribution in [-0.2, 0) is 17.9 Å². The SMILES string of the molecule is O=C(CCC1CCCC1)N(Cc1cccn1Cc1cccc(F)c1)C1CCCCC1. The molecule has 0 unspecified atom stereocenters. The van der Waals surface area contributed by atoms with E-state index in [9.17, 15) is 9.18 Å². The highest BCUT2D eigenvalue weighted by Crippen LogP contribution is 2.30. The van der Waals surface area contributed by atoms with Crippen molar-refractivity contribution < 1.29 is 9.18 Å². The summed E-state index contributed by atoms with van der Waals surface area (Å²) < 4.78 is 15.8. The summed E-state index contributed by atoms with van der Waals surface area (Å²) in [5, 5.41) is 0. The van der Waals surface area contributed by atoms with E-state index in [4.69, 9.17) is 0 Å². The number of benzene rings is 1. The lowest BCUT2D eigenvalue weighted by molar-refractivity contribution is -0.135. The zero-order valence-electron chi connectivity index (χ0n) is 18.1. The van der Waals surface area contributed by atoms with Crippen molar-refractivity contribution >= 4 is 5.91 Å². The Kier molecular flexibility index (Phi) is 7.24. The van der Waals surface area contributed by atoms with Crippen LogP contribution in [0.5, 0.6) is 0 Å². The fourth-order valence-corrected chi connectivity index (χ4v) is 5.34. The maximum absolute atomic E-state index is 13.6. The van der Waals surface area contributed by atoms with Crippen LogP contribution in [0.1, 0.15) is 81.9 Å². The molecule has 0 radical (unpaired) electrons. The first kappa shape index (κ1) is 21.1. The molecular formula is C26H35FN2O. The summed E-state index contributed by atoms with van der Waals surface area (Å²) in [4.78, 5) is 15.5. The molecule has 0 aliphatic heterocycles. The third-order valence-corrected chi connectivity index (χ3v) is 7.07. The normalized spacial score (nSPS) is 18.0. The van der Waals surface area contributed by atoms with Crippen molar-refractivity contribution in [2.75, 3.05) is 0 Å². The molecule has 0 N–H and O–H groups in total. The van der Waals surface area contributed by atoms with Crippen molar-refractivity contribution in [2.45, 2.75) is 89.8 Å². The van der Waals surface area contributed by atoms with Gasteiger partial charge in [0, 0.05) is 30.9 Å². The van der Waals surface area contributed by atoms with Crippen molar-refractivity contribution in [1.29, 1.82) is 0 Å². The van der Waals surface area contributed by atoms with Gasteiger partial charge in [-0.3, -0.25) is 4.79 Å². The Labute approximate surface area is 180 Å². The highest BCUT2D eigenvalue weighted by atomic mass is 19.1. The summed E-state index contributed by atoms with van der Waals surface area (Å²) in [6, 6.07) is 11.3. The van der Waals surface area contributed by atoms with Crippen LogP contribution in [0.15, 0.2) is 42.6 Å². The van der Waals surface area contributed by atoms with Gasteiger partial charge in [-0.05, 0) is 55.0 Å². The van der Waals surface area contributed by atoms with E-state index in [1.807, 2.05) is 18.3 Å². The minimum absolute atomic E-state index is 0.202. The molecule has 3 nitrogen and oxygen atoms in total. The molecule has 2 saturated carbocycles. The average Bonchev–Trinajstić information content (AvgIpc) is 3.43. The van der Waals surface area contributed by atoms with E-state index >= 15 is 0 Å². The number of rotatable bonds is 8. The van der Waals surface area contributed by atoms with E-state index in [0.29, 0.717) is 31.5 Å². The van der Waals surface area contributed by atoms with Gasteiger partial charge >= 0.3 is 0 Å². The monoisotopic (exact) mass is 410 g/mol. The van der Waals surface area contributed by atoms with Crippen molar-refractivity contribution in [3.8, 4) is 0 Å². The van der Waals surface area contributed by atoms with Gasteiger partial charge in [-0.25, -0.2) is 4.39 Å². The number of carbonyl (C=O) groups is 1. The predicted octanol–water partition coefficient (Wildman–Crippen LogP) is 6.31. The summed E-state index contributed by atoms with van der Waals surface area (Å²) in [5.74, 6) is 0.874. The zero-order valence-corrected chi connectivity index (χ0v) is 18.1. The largest absolute Gasteiger partial charge is 0.345 e. The Balaban J connectivity index is 1.46. The fraction of sp³-hybridized carbons (Fsp3) is 0.577. The van der Waals surface area contributed by atoms with E-state index in [1.165, 1.54) is 51.0 Å². The molecule has 0 atom stereocenters. The molecule has 0 spiro atoms. The molecule has 2 aromatic rings. The van der Waals surface area contributed by atoms with Crippen LogP contribution in [0.2, 0.25) is 0 Å². The van der Waals surface area contributed by atoms with E-state index in [1.54, 1.807) is 12.1 Å². The standard InChI is InChI=1S/C26H35FN2O/c27-23-11-6-10-22(18-23)19-28-17-7-14-25(28)20-29(24-12-2-1-3-13-24)26(30)16-15-21-8-4-5-9-21/h6-7,10-11,14,17-18,21,24H,1-5,8-9,12-13,15-16,19-20H2. The van der Waals surface area contributed by atoms with Crippen LogP contribution in [0.4, 0.5) is 4.39 Å². The zero-order chi connectivity index (χ0) is 20.8. The number of amides is 1. The van der Waals surface area contributed by atoms with Gasteiger partial charge in [0.1, 0.15) is 5.82 Å². The maximum atomic E-state index is 13.6. The van der Waals surface area contributed by atoms with Crippen LogP contribution in [0.25, 0.3) is 0 Å². The van der Waals surface area contributed by atoms with E-state index in [-0.39, 0.29) is 5.82 Å². The third kappa shape index (κ3) is 5.53. The van der Waals surface area contributed by atoms with Gasteiger partial charge in [-0.2, -0.15) is 0 Å². The summed E-state index contributed by atoms with van der Waals surface area (Å²) >= 11 is 0. The Hall–Kier alpha value is -2.10. The van der Waals surface area contributed by atoms with Crippen LogP contribution in [-0.4, -0.2) is 21.4 Å². The van der Waals surface area contributed by atoms with E-state index in [0.717, 1.165) is 36.4 Å². The van der Waals surface area contributed by atoms with Gasteiger partial charge in [-0.15, -0.1) is 0 Å². The Morgan fingerprint density at radius 1 is 1.00 bits per heavy atom. The van der Waals surface area contributed by atoms with Gasteiger partial charge in [0.2, 0.25) is 5.91 Å². The molecule has 30 heavy (non-hydrogen) atoms. The van der Waals surface area contributed by atoms with E-state index < -0.39 is 0 Å². The molecular weight excluding hydrogens is 375 g/mol. The van der Waals surface area contributed by atoms with Gasteiger partial charge in [0.15, 0.2) is 0 Å². The second-order valence-electron chi connectivity index (χ2n) is 9.26. The number of hydrogen-bond acceptors (Lipinski definition) is 1. The lowest BCUT2D eigenvalue weighted by Gasteiger charge is -2.35. The second-order valence-corrected chi connectivity index (χ2v) is 9.26. The Bertz CT molecular complexity index is 818. The maximum Gasteiger partial charge on any atom is 0.223 e. The highest BCUT2D eigenvalue weighted by Gasteiger charge is 2.27. The number of hydrogen-bond donors (Lipinski definition) is 0. The molecule has 2 aliphatic carbocycles. The van der Waals surface area contributed by atoms with Crippen LogP contribution in [0.3, 0.4) is 0 Å². The fourth-order valence-electron chi connectivity index (χ4n) is 5.34. The van der Waals surface area contributed by atoms with Crippen molar-refractivity contribution in [1.82, 2.24) is 9.47 Å². The molecule has 1 amide bonds. The van der Waals surface area contributed by atoms with Crippen molar-refractivity contribution in [3.63, 3.8) is 0 Å². The number of carbonyl (C=O) groups excluding carboxylic acids is 1. The quantitative estimate of drug-likeness (QED) is 0.501. The highest BCUT2D eigenvalue weighted by molar-refractivity contribution is 5.76. The molecule has 162 valence electrons. The summed E-state index contributed by atoms with van der Waals surface area (Å²) in [6.45, 7) is 1.30. The smallest absolute Gasteiger partial charge is 0.223 e. The molecule has 1 heterocycles. The van der Waals surface area contributed by atoms with E-state index in [2.05, 4.69) is 15.5 Å². The minimum Gasteiger partial charge on any atom is -0.345 e. The lowest BCUT2D eigenvalue weighted by atomic mass is 9.93. The molecule has 4 heteroatoms. The first-order valence-electron chi connectivity index (χ1n) is 11.9. The molecule has 0 saturated heterocycles. The van der Waals surface area contributed by atoms with Gasteiger partial charge in [0.25, 0.3) is 0 Å². The number of halogens is 1. The number of aromatic nitrogens is 1.